The van der Waals surface area contributed by atoms with Crippen LogP contribution in [0.5, 0.6) is 0 Å². The molecular weight excluding hydrogens is 712 g/mol. The number of aliphatic hydroxyl groups excluding tert-OH is 1. The van der Waals surface area contributed by atoms with Crippen molar-refractivity contribution in [3.63, 3.8) is 0 Å². The van der Waals surface area contributed by atoms with Gasteiger partial charge in [-0.1, -0.05) is 40.7 Å². The van der Waals surface area contributed by atoms with Gasteiger partial charge in [-0.15, -0.1) is 0 Å². The molecule has 1 aromatic rings. The lowest BCUT2D eigenvalue weighted by atomic mass is 9.46. The second kappa shape index (κ2) is 15.7. The van der Waals surface area contributed by atoms with Crippen LogP contribution < -0.4 is 0 Å². The summed E-state index contributed by atoms with van der Waals surface area (Å²) in [6.07, 6.45) is -5.26. The minimum atomic E-state index is -2.60. The van der Waals surface area contributed by atoms with Crippen LogP contribution in [0, 0.1) is 28.6 Å². The van der Waals surface area contributed by atoms with Crippen molar-refractivity contribution in [1.82, 2.24) is 0 Å². The third-order valence-corrected chi connectivity index (χ3v) is 12.2. The molecule has 2 aliphatic carbocycles. The highest BCUT2D eigenvalue weighted by molar-refractivity contribution is 5.96. The third-order valence-electron chi connectivity index (χ3n) is 12.2. The second-order valence-electron chi connectivity index (χ2n) is 15.2. The smallest absolute Gasteiger partial charge is 0.335 e. The maximum Gasteiger partial charge on any atom is 0.335 e. The van der Waals surface area contributed by atoms with E-state index in [1.807, 2.05) is 0 Å². The molecule has 0 bridgehead atoms. The Labute approximate surface area is 312 Å². The van der Waals surface area contributed by atoms with E-state index < -0.39 is 125 Å². The second-order valence-corrected chi connectivity index (χ2v) is 15.2. The predicted molar refractivity (Wildman–Crippen MR) is 183 cm³/mol. The Morgan fingerprint density at radius 1 is 1.09 bits per heavy atom. The number of carbonyl (C=O) groups excluding carboxylic acids is 7. The van der Waals surface area contributed by atoms with Gasteiger partial charge in [0.1, 0.15) is 30.5 Å². The van der Waals surface area contributed by atoms with Gasteiger partial charge >= 0.3 is 29.8 Å². The van der Waals surface area contributed by atoms with Crippen molar-refractivity contribution in [3.05, 3.63) is 36.3 Å². The molecule has 0 amide bonds. The van der Waals surface area contributed by atoms with Crippen LogP contribution in [0.1, 0.15) is 85.6 Å². The van der Waals surface area contributed by atoms with E-state index in [0.717, 1.165) is 21.0 Å². The number of methoxy groups -OCH3 is 1. The fourth-order valence-corrected chi connectivity index (χ4v) is 9.16. The number of cyclic esters (lactones) is 1. The molecule has 1 aromatic heterocycles. The highest BCUT2D eigenvalue weighted by atomic mass is 16.6. The summed E-state index contributed by atoms with van der Waals surface area (Å²) in [7, 11) is 1.10. The molecule has 1 saturated heterocycles. The van der Waals surface area contributed by atoms with Gasteiger partial charge in [-0.3, -0.25) is 28.8 Å². The molecule has 0 aromatic carbocycles. The van der Waals surface area contributed by atoms with Crippen molar-refractivity contribution in [2.24, 2.45) is 28.6 Å². The Hall–Kier alpha value is -4.57. The molecule has 1 unspecified atom stereocenters. The number of Topliss-reactive ketones (excluding diaryl/α,β-unsaturated/α-hetero) is 1. The average molecular weight is 763 g/mol. The van der Waals surface area contributed by atoms with Crippen LogP contribution in [0.4, 0.5) is 0 Å². The Kier molecular flexibility index (Phi) is 12.2. The summed E-state index contributed by atoms with van der Waals surface area (Å²) >= 11 is 0. The normalized spacial score (nSPS) is 36.1. The zero-order chi connectivity index (χ0) is 40.6. The van der Waals surface area contributed by atoms with Crippen molar-refractivity contribution >= 4 is 42.1 Å². The maximum atomic E-state index is 14.4. The van der Waals surface area contributed by atoms with Gasteiger partial charge in [-0.2, -0.15) is 0 Å². The van der Waals surface area contributed by atoms with Crippen molar-refractivity contribution < 1.29 is 76.6 Å². The molecule has 16 nitrogen and oxygen atoms in total. The summed E-state index contributed by atoms with van der Waals surface area (Å²) in [4.78, 5) is 92.7. The van der Waals surface area contributed by atoms with Crippen LogP contribution in [0.3, 0.4) is 0 Å². The SMILES string of the molecule is C=C1C([C@@]2(C)[C@@H](OC(C)=O)CC(=O)O[C@](C)(COC(C)=O)[C@@H]2CC(=O)OC)[C@@H](OC=O)[C@H](OC(=O)[C@H](O)[C@H](C)CC)[C@@]2(C)[C@H](c3ccoc3)CC(=O)[C@]12O. The predicted octanol–water partition coefficient (Wildman–Crippen LogP) is 2.51. The van der Waals surface area contributed by atoms with Crippen LogP contribution in [-0.4, -0.2) is 102 Å². The van der Waals surface area contributed by atoms with Crippen LogP contribution in [0.15, 0.2) is 35.2 Å². The quantitative estimate of drug-likeness (QED) is 0.127. The summed E-state index contributed by atoms with van der Waals surface area (Å²) in [5.41, 5.74) is -8.16. The molecule has 2 N–H and O–H groups in total. The largest absolute Gasteiger partial charge is 0.472 e. The zero-order valence-electron chi connectivity index (χ0n) is 31.8. The van der Waals surface area contributed by atoms with Crippen LogP contribution in [-0.2, 0) is 62.0 Å². The molecule has 0 radical (unpaired) electrons. The zero-order valence-corrected chi connectivity index (χ0v) is 31.8. The van der Waals surface area contributed by atoms with E-state index in [0.29, 0.717) is 12.0 Å². The maximum absolute atomic E-state index is 14.4. The number of hydrogen-bond donors (Lipinski definition) is 2. The van der Waals surface area contributed by atoms with E-state index in [9.17, 15) is 43.8 Å². The van der Waals surface area contributed by atoms with Crippen LogP contribution in [0.2, 0.25) is 0 Å². The lowest BCUT2D eigenvalue weighted by Crippen LogP contribution is -2.72. The van der Waals surface area contributed by atoms with Gasteiger partial charge in [0.25, 0.3) is 6.47 Å². The number of esters is 5. The van der Waals surface area contributed by atoms with Gasteiger partial charge in [0, 0.05) is 43.4 Å². The number of furan rings is 1. The highest BCUT2D eigenvalue weighted by Crippen LogP contribution is 2.68. The fourth-order valence-electron chi connectivity index (χ4n) is 9.16. The molecule has 16 heteroatoms. The summed E-state index contributed by atoms with van der Waals surface area (Å²) in [5, 5.41) is 24.1. The topological polar surface area (TPSA) is 228 Å². The van der Waals surface area contributed by atoms with E-state index in [1.54, 1.807) is 19.9 Å². The van der Waals surface area contributed by atoms with Gasteiger partial charge in [-0.05, 0) is 30.0 Å². The minimum absolute atomic E-state index is 0.0597. The lowest BCUT2D eigenvalue weighted by molar-refractivity contribution is -0.239. The first kappa shape index (κ1) is 42.2. The number of ketones is 1. The molecule has 2 heterocycles. The molecule has 3 fully saturated rings. The number of carbonyl (C=O) groups is 7. The van der Waals surface area contributed by atoms with Crippen molar-refractivity contribution in [3.8, 4) is 0 Å². The molecule has 298 valence electrons. The molecule has 0 spiro atoms. The first-order valence-electron chi connectivity index (χ1n) is 17.7. The van der Waals surface area contributed by atoms with Crippen molar-refractivity contribution in [1.29, 1.82) is 0 Å². The average Bonchev–Trinajstić information content (AvgIpc) is 3.70. The van der Waals surface area contributed by atoms with Gasteiger partial charge in [0.05, 0.1) is 37.9 Å². The first-order chi connectivity index (χ1) is 25.2. The molecule has 12 atom stereocenters. The van der Waals surface area contributed by atoms with Crippen LogP contribution in [0.25, 0.3) is 0 Å². The lowest BCUT2D eigenvalue weighted by Gasteiger charge is -2.61. The number of ether oxygens (including phenoxy) is 6. The summed E-state index contributed by atoms with van der Waals surface area (Å²) in [6, 6.07) is 1.56. The molecule has 3 aliphatic rings. The minimum Gasteiger partial charge on any atom is -0.472 e. The Balaban J connectivity index is 2.13. The molecule has 4 rings (SSSR count). The molecule has 1 aliphatic heterocycles. The molecular formula is C38H50O16. The van der Waals surface area contributed by atoms with Crippen molar-refractivity contribution in [2.75, 3.05) is 13.7 Å². The van der Waals surface area contributed by atoms with E-state index >= 15 is 0 Å². The van der Waals surface area contributed by atoms with Gasteiger partial charge < -0.3 is 43.1 Å². The summed E-state index contributed by atoms with van der Waals surface area (Å²) < 4.78 is 39.4. The summed E-state index contributed by atoms with van der Waals surface area (Å²) in [6.45, 7) is 13.5. The van der Waals surface area contributed by atoms with E-state index in [4.69, 9.17) is 32.8 Å². The van der Waals surface area contributed by atoms with Crippen molar-refractivity contribution in [2.45, 2.75) is 116 Å². The van der Waals surface area contributed by atoms with E-state index in [2.05, 4.69) is 6.58 Å². The van der Waals surface area contributed by atoms with Crippen LogP contribution >= 0.6 is 0 Å². The first-order valence-corrected chi connectivity index (χ1v) is 17.7. The molecule has 2 saturated carbocycles. The summed E-state index contributed by atoms with van der Waals surface area (Å²) in [5.74, 6) is -9.90. The third kappa shape index (κ3) is 6.93. The van der Waals surface area contributed by atoms with Gasteiger partial charge in [0.2, 0.25) is 0 Å². The number of rotatable bonds is 13. The fraction of sp³-hybridized carbons (Fsp3) is 0.658. The number of aliphatic hydroxyl groups is 2. The monoisotopic (exact) mass is 762 g/mol. The Morgan fingerprint density at radius 2 is 1.76 bits per heavy atom. The number of fused-ring (bicyclic) bond motifs is 1. The Morgan fingerprint density at radius 3 is 2.30 bits per heavy atom. The Bertz CT molecular complexity index is 1650. The standard InChI is InChI=1S/C38H50O16/c1-10-19(2)31(45)34(46)53-33-32(51-18-39)30(20(3)38(47)26(42)13-24(37(33,38)8)23-11-12-49-16-23)36(7)25(14-28(43)48-9)35(6,17-50-21(4)40)54-29(44)15-27(36)52-22(5)41/h11-12,16,18-19,24-25,27,30-33,45,47H,3,10,13-15,17H2,1-2,4-9H3/t19-,24+,25+,27+,30?,31-,32-,33+,35-,36-,37-,38-/m1/s1. The van der Waals surface area contributed by atoms with Gasteiger partial charge in [0.15, 0.2) is 17.5 Å². The van der Waals surface area contributed by atoms with E-state index in [1.165, 1.54) is 33.3 Å². The van der Waals surface area contributed by atoms with Gasteiger partial charge in [-0.25, -0.2) is 4.79 Å². The highest BCUT2D eigenvalue weighted by Gasteiger charge is 2.77. The molecule has 54 heavy (non-hydrogen) atoms. The number of hydrogen-bond acceptors (Lipinski definition) is 16. The van der Waals surface area contributed by atoms with E-state index in [-0.39, 0.29) is 18.5 Å².